The Morgan fingerprint density at radius 1 is 1.03 bits per heavy atom. The van der Waals surface area contributed by atoms with E-state index in [2.05, 4.69) is 10.5 Å². The molecule has 0 radical (unpaired) electrons. The zero-order chi connectivity index (χ0) is 23.8. The van der Waals surface area contributed by atoms with Crippen LogP contribution in [0, 0.1) is 10.1 Å². The molecule has 1 amide bonds. The van der Waals surface area contributed by atoms with Gasteiger partial charge in [0.25, 0.3) is 21.6 Å². The Morgan fingerprint density at radius 2 is 1.67 bits per heavy atom. The molecule has 0 aliphatic rings. The summed E-state index contributed by atoms with van der Waals surface area (Å²) in [6.45, 7) is 1.42. The van der Waals surface area contributed by atoms with Gasteiger partial charge in [0.2, 0.25) is 0 Å². The normalized spacial score (nSPS) is 11.3. The summed E-state index contributed by atoms with van der Waals surface area (Å²) in [7, 11) is -4.02. The summed E-state index contributed by atoms with van der Waals surface area (Å²) in [4.78, 5) is 22.9. The van der Waals surface area contributed by atoms with E-state index < -0.39 is 27.4 Å². The number of nitrogens with one attached hydrogen (secondary N) is 1. The summed E-state index contributed by atoms with van der Waals surface area (Å²) in [6.07, 6.45) is 1.90. The van der Waals surface area contributed by atoms with Crippen LogP contribution in [0.2, 0.25) is 0 Å². The lowest BCUT2D eigenvalue weighted by Crippen LogP contribution is -2.40. The van der Waals surface area contributed by atoms with Crippen molar-refractivity contribution < 1.29 is 18.1 Å². The van der Waals surface area contributed by atoms with Crippen LogP contribution in [-0.2, 0) is 21.2 Å². The topological polar surface area (TPSA) is 122 Å². The van der Waals surface area contributed by atoms with Crippen molar-refractivity contribution in [1.82, 2.24) is 5.43 Å². The molecule has 33 heavy (non-hydrogen) atoms. The number of para-hydroxylation sites is 1. The van der Waals surface area contributed by atoms with Gasteiger partial charge >= 0.3 is 0 Å². The summed E-state index contributed by atoms with van der Waals surface area (Å²) >= 11 is 0. The number of hydrazone groups is 1. The van der Waals surface area contributed by atoms with E-state index in [1.54, 1.807) is 30.3 Å². The van der Waals surface area contributed by atoms with Crippen LogP contribution < -0.4 is 9.73 Å². The fourth-order valence-electron chi connectivity index (χ4n) is 3.10. The minimum Gasteiger partial charge on any atom is -0.271 e. The molecule has 9 nitrogen and oxygen atoms in total. The Balaban J connectivity index is 1.83. The van der Waals surface area contributed by atoms with Gasteiger partial charge < -0.3 is 0 Å². The van der Waals surface area contributed by atoms with Crippen molar-refractivity contribution >= 4 is 33.5 Å². The Morgan fingerprint density at radius 3 is 2.30 bits per heavy atom. The summed E-state index contributed by atoms with van der Waals surface area (Å²) < 4.78 is 27.8. The minimum atomic E-state index is -4.02. The van der Waals surface area contributed by atoms with Crippen molar-refractivity contribution in [2.75, 3.05) is 10.8 Å². The molecule has 3 aromatic carbocycles. The first-order valence-corrected chi connectivity index (χ1v) is 11.5. The monoisotopic (exact) mass is 466 g/mol. The maximum absolute atomic E-state index is 13.4. The number of carbonyl (C=O) groups excluding carboxylic acids is 1. The summed E-state index contributed by atoms with van der Waals surface area (Å²) in [6, 6.07) is 20.5. The Hall–Kier alpha value is -4.05. The van der Waals surface area contributed by atoms with E-state index in [0.717, 1.165) is 9.87 Å². The third kappa shape index (κ3) is 5.80. The quantitative estimate of drug-likeness (QED) is 0.294. The predicted molar refractivity (Wildman–Crippen MR) is 126 cm³/mol. The average Bonchev–Trinajstić information content (AvgIpc) is 2.83. The molecule has 3 rings (SSSR count). The number of non-ortho nitro benzene ring substituents is 1. The van der Waals surface area contributed by atoms with Crippen molar-refractivity contribution in [1.29, 1.82) is 0 Å². The molecule has 0 saturated heterocycles. The molecule has 10 heteroatoms. The lowest BCUT2D eigenvalue weighted by molar-refractivity contribution is -0.384. The highest BCUT2D eigenvalue weighted by Gasteiger charge is 2.28. The van der Waals surface area contributed by atoms with Crippen molar-refractivity contribution in [3.63, 3.8) is 0 Å². The molecule has 0 heterocycles. The number of hydrogen-bond donors (Lipinski definition) is 1. The fourth-order valence-corrected chi connectivity index (χ4v) is 4.58. The fraction of sp³-hybridized carbons (Fsp3) is 0.130. The van der Waals surface area contributed by atoms with E-state index in [0.29, 0.717) is 17.7 Å². The van der Waals surface area contributed by atoms with Gasteiger partial charge in [0, 0.05) is 12.1 Å². The molecule has 0 atom stereocenters. The average molecular weight is 467 g/mol. The number of rotatable bonds is 9. The van der Waals surface area contributed by atoms with E-state index in [-0.39, 0.29) is 10.6 Å². The Labute approximate surface area is 191 Å². The van der Waals surface area contributed by atoms with Crippen LogP contribution >= 0.6 is 0 Å². The zero-order valence-electron chi connectivity index (χ0n) is 17.8. The summed E-state index contributed by atoms with van der Waals surface area (Å²) in [5.74, 6) is -0.640. The molecular formula is C23H22N4O5S. The maximum atomic E-state index is 13.4. The largest absolute Gasteiger partial charge is 0.271 e. The highest BCUT2D eigenvalue weighted by atomic mass is 32.2. The molecule has 0 unspecified atom stereocenters. The van der Waals surface area contributed by atoms with Crippen LogP contribution in [0.4, 0.5) is 11.4 Å². The van der Waals surface area contributed by atoms with Crippen LogP contribution in [0.5, 0.6) is 0 Å². The number of nitrogens with zero attached hydrogens (tertiary/aromatic N) is 3. The van der Waals surface area contributed by atoms with Gasteiger partial charge in [0.1, 0.15) is 6.54 Å². The minimum absolute atomic E-state index is 0.0625. The van der Waals surface area contributed by atoms with E-state index in [1.807, 2.05) is 19.1 Å². The van der Waals surface area contributed by atoms with E-state index >= 15 is 0 Å². The first-order chi connectivity index (χ1) is 15.8. The zero-order valence-corrected chi connectivity index (χ0v) is 18.6. The van der Waals surface area contributed by atoms with Crippen LogP contribution in [0.3, 0.4) is 0 Å². The highest BCUT2D eigenvalue weighted by molar-refractivity contribution is 7.92. The van der Waals surface area contributed by atoms with E-state index in [1.165, 1.54) is 42.6 Å². The second-order valence-electron chi connectivity index (χ2n) is 6.95. The van der Waals surface area contributed by atoms with Gasteiger partial charge in [0.15, 0.2) is 0 Å². The number of nitro benzene ring substituents is 1. The number of nitro groups is 1. The number of carbonyl (C=O) groups is 1. The number of hydrogen-bond acceptors (Lipinski definition) is 6. The first kappa shape index (κ1) is 23.6. The number of benzene rings is 3. The van der Waals surface area contributed by atoms with Crippen LogP contribution in [0.15, 0.2) is 88.9 Å². The molecule has 0 spiro atoms. The molecule has 0 saturated carbocycles. The van der Waals surface area contributed by atoms with Gasteiger partial charge in [-0.05, 0) is 47.9 Å². The van der Waals surface area contributed by atoms with Crippen molar-refractivity contribution in [3.05, 3.63) is 100 Å². The number of aryl methyl sites for hydroxylation is 1. The standard InChI is InChI=1S/C23H22N4O5S/c1-2-19-8-6-7-11-22(19)26(33(31,32)21-9-4-3-5-10-21)17-23(28)25-24-16-18-12-14-20(15-13-18)27(29)30/h3-16H,2,17H2,1H3,(H,25,28)/b24-16-. The van der Waals surface area contributed by atoms with Gasteiger partial charge in [-0.3, -0.25) is 19.2 Å². The first-order valence-electron chi connectivity index (χ1n) is 10.0. The van der Waals surface area contributed by atoms with Gasteiger partial charge in [-0.25, -0.2) is 13.8 Å². The lowest BCUT2D eigenvalue weighted by Gasteiger charge is -2.25. The van der Waals surface area contributed by atoms with Gasteiger partial charge in [-0.15, -0.1) is 0 Å². The number of anilines is 1. The molecule has 0 bridgehead atoms. The highest BCUT2D eigenvalue weighted by Crippen LogP contribution is 2.27. The van der Waals surface area contributed by atoms with Crippen LogP contribution in [-0.4, -0.2) is 32.0 Å². The third-order valence-electron chi connectivity index (χ3n) is 4.77. The second-order valence-corrected chi connectivity index (χ2v) is 8.81. The molecule has 170 valence electrons. The molecule has 3 aromatic rings. The van der Waals surface area contributed by atoms with Gasteiger partial charge in [-0.2, -0.15) is 5.10 Å². The van der Waals surface area contributed by atoms with Crippen LogP contribution in [0.1, 0.15) is 18.1 Å². The Bertz CT molecular complexity index is 1260. The molecule has 0 fully saturated rings. The van der Waals surface area contributed by atoms with Crippen molar-refractivity contribution in [2.45, 2.75) is 18.2 Å². The summed E-state index contributed by atoms with van der Waals surface area (Å²) in [5.41, 5.74) is 3.98. The third-order valence-corrected chi connectivity index (χ3v) is 6.54. The molecule has 0 aromatic heterocycles. The number of sulfonamides is 1. The van der Waals surface area contributed by atoms with Crippen molar-refractivity contribution in [2.24, 2.45) is 5.10 Å². The maximum Gasteiger partial charge on any atom is 0.269 e. The molecular weight excluding hydrogens is 444 g/mol. The lowest BCUT2D eigenvalue weighted by atomic mass is 10.1. The summed E-state index contributed by atoms with van der Waals surface area (Å²) in [5, 5.41) is 14.6. The molecule has 0 aliphatic carbocycles. The molecule has 1 N–H and O–H groups in total. The van der Waals surface area contributed by atoms with Gasteiger partial charge in [0.05, 0.1) is 21.7 Å². The van der Waals surface area contributed by atoms with E-state index in [9.17, 15) is 23.3 Å². The predicted octanol–water partition coefficient (Wildman–Crippen LogP) is 3.50. The van der Waals surface area contributed by atoms with Crippen LogP contribution in [0.25, 0.3) is 0 Å². The van der Waals surface area contributed by atoms with Gasteiger partial charge in [-0.1, -0.05) is 43.3 Å². The second kappa shape index (κ2) is 10.5. The van der Waals surface area contributed by atoms with Crippen molar-refractivity contribution in [3.8, 4) is 0 Å². The van der Waals surface area contributed by atoms with E-state index in [4.69, 9.17) is 0 Å². The SMILES string of the molecule is CCc1ccccc1N(CC(=O)N/N=C\c1ccc([N+](=O)[O-])cc1)S(=O)(=O)c1ccccc1. The Kier molecular flexibility index (Phi) is 7.52. The molecule has 0 aliphatic heterocycles. The number of amides is 1. The smallest absolute Gasteiger partial charge is 0.269 e.